The molecule has 0 aliphatic heterocycles. The molecule has 2 aromatic heterocycles. The lowest BCUT2D eigenvalue weighted by Crippen LogP contribution is -2.24. The Balaban J connectivity index is 1.51. The standard InChI is InChI=1S/C22H21ClN4O6S2/c23-21-15(19(29)12-4-2-1-3-5-12)8-18(34-21)20(30)16-9-25-11-26-22(16)27-14-6-13(17(28)7-14)10-33-35(24,31)32/h1-5,8-9,11,13-14,17,28H,6-7,10H2,(H2,24,31,32)(H,25,26,27)/t13-,14-,17+/m1/s1. The van der Waals surface area contributed by atoms with Crippen LogP contribution in [0.4, 0.5) is 5.82 Å². The first kappa shape index (κ1) is 25.4. The van der Waals surface area contributed by atoms with E-state index in [9.17, 15) is 23.1 Å². The number of nitrogens with two attached hydrogens (primary N) is 1. The predicted molar refractivity (Wildman–Crippen MR) is 130 cm³/mol. The zero-order valence-corrected chi connectivity index (χ0v) is 20.5. The number of carbonyl (C=O) groups excluding carboxylic acids is 2. The van der Waals surface area contributed by atoms with Crippen molar-refractivity contribution >= 4 is 50.6 Å². The molecular weight excluding hydrogens is 516 g/mol. The number of nitrogens with zero attached hydrogens (tertiary/aromatic N) is 2. The molecule has 1 aliphatic carbocycles. The summed E-state index contributed by atoms with van der Waals surface area (Å²) in [6.07, 6.45) is 2.47. The third kappa shape index (κ3) is 6.10. The van der Waals surface area contributed by atoms with E-state index >= 15 is 0 Å². The van der Waals surface area contributed by atoms with E-state index in [1.165, 1.54) is 18.6 Å². The van der Waals surface area contributed by atoms with E-state index in [2.05, 4.69) is 19.5 Å². The fourth-order valence-electron chi connectivity index (χ4n) is 3.90. The highest BCUT2D eigenvalue weighted by molar-refractivity contribution is 7.84. The van der Waals surface area contributed by atoms with Gasteiger partial charge in [0.05, 0.1) is 28.7 Å². The summed E-state index contributed by atoms with van der Waals surface area (Å²) in [5.74, 6) is -0.925. The Morgan fingerprint density at radius 1 is 1.20 bits per heavy atom. The summed E-state index contributed by atoms with van der Waals surface area (Å²) in [5, 5.41) is 18.3. The number of thiophene rings is 1. The Morgan fingerprint density at radius 3 is 2.66 bits per heavy atom. The van der Waals surface area contributed by atoms with Gasteiger partial charge in [-0.05, 0) is 18.9 Å². The minimum Gasteiger partial charge on any atom is -0.393 e. The maximum atomic E-state index is 13.3. The second-order valence-electron chi connectivity index (χ2n) is 8.02. The molecule has 1 saturated carbocycles. The summed E-state index contributed by atoms with van der Waals surface area (Å²) in [5.41, 5.74) is 0.856. The SMILES string of the molecule is NS(=O)(=O)OC[C@H]1C[C@@H](Nc2ncncc2C(=O)c2cc(C(=O)c3ccccc3)c(Cl)s2)C[C@@H]1O. The second kappa shape index (κ2) is 10.5. The molecule has 3 aromatic rings. The lowest BCUT2D eigenvalue weighted by molar-refractivity contribution is 0.100. The smallest absolute Gasteiger partial charge is 0.333 e. The number of nitrogens with one attached hydrogen (secondary N) is 1. The van der Waals surface area contributed by atoms with Gasteiger partial charge in [0.2, 0.25) is 5.78 Å². The molecule has 4 rings (SSSR count). The monoisotopic (exact) mass is 536 g/mol. The highest BCUT2D eigenvalue weighted by atomic mass is 35.5. The van der Waals surface area contributed by atoms with Gasteiger partial charge >= 0.3 is 10.3 Å². The molecule has 3 atom stereocenters. The van der Waals surface area contributed by atoms with Crippen LogP contribution in [0.15, 0.2) is 48.9 Å². The molecule has 13 heteroatoms. The number of hydrogen-bond donors (Lipinski definition) is 3. The maximum Gasteiger partial charge on any atom is 0.333 e. The van der Waals surface area contributed by atoms with Gasteiger partial charge in [-0.1, -0.05) is 41.9 Å². The van der Waals surface area contributed by atoms with Crippen LogP contribution in [0.2, 0.25) is 4.34 Å². The normalized spacial score (nSPS) is 20.0. The Hall–Kier alpha value is -2.74. The molecule has 0 spiro atoms. The molecule has 1 fully saturated rings. The van der Waals surface area contributed by atoms with E-state index in [0.29, 0.717) is 12.0 Å². The number of aliphatic hydroxyl groups excluding tert-OH is 1. The van der Waals surface area contributed by atoms with Gasteiger partial charge in [0.25, 0.3) is 0 Å². The van der Waals surface area contributed by atoms with Crippen LogP contribution in [-0.2, 0) is 14.5 Å². The molecule has 0 radical (unpaired) electrons. The average molecular weight is 537 g/mol. The van der Waals surface area contributed by atoms with Crippen LogP contribution in [0.5, 0.6) is 0 Å². The Bertz CT molecular complexity index is 1350. The molecular formula is C22H21ClN4O6S2. The van der Waals surface area contributed by atoms with Crippen molar-refractivity contribution in [2.24, 2.45) is 11.1 Å². The summed E-state index contributed by atoms with van der Waals surface area (Å²) in [4.78, 5) is 34.5. The summed E-state index contributed by atoms with van der Waals surface area (Å²) < 4.78 is 26.9. The van der Waals surface area contributed by atoms with Crippen LogP contribution < -0.4 is 10.5 Å². The van der Waals surface area contributed by atoms with Crippen molar-refractivity contribution in [2.45, 2.75) is 25.0 Å². The molecule has 0 unspecified atom stereocenters. The number of hydrogen-bond acceptors (Lipinski definition) is 10. The predicted octanol–water partition coefficient (Wildman–Crippen LogP) is 2.43. The third-order valence-corrected chi connectivity index (χ3v) is 7.41. The van der Waals surface area contributed by atoms with E-state index in [1.807, 2.05) is 0 Å². The van der Waals surface area contributed by atoms with Crippen molar-refractivity contribution < 1.29 is 27.3 Å². The van der Waals surface area contributed by atoms with Gasteiger partial charge in [-0.15, -0.1) is 11.3 Å². The molecule has 0 bridgehead atoms. The fourth-order valence-corrected chi connectivity index (χ4v) is 5.49. The van der Waals surface area contributed by atoms with Gasteiger partial charge in [-0.3, -0.25) is 13.8 Å². The van der Waals surface area contributed by atoms with Crippen LogP contribution in [0.3, 0.4) is 0 Å². The van der Waals surface area contributed by atoms with Gasteiger partial charge in [-0.25, -0.2) is 15.1 Å². The zero-order chi connectivity index (χ0) is 25.2. The summed E-state index contributed by atoms with van der Waals surface area (Å²) >= 11 is 7.29. The topological polar surface area (TPSA) is 162 Å². The van der Waals surface area contributed by atoms with Crippen molar-refractivity contribution in [3.05, 3.63) is 74.8 Å². The first-order valence-electron chi connectivity index (χ1n) is 10.5. The van der Waals surface area contributed by atoms with Gasteiger partial charge in [0.15, 0.2) is 5.78 Å². The first-order chi connectivity index (χ1) is 16.6. The Kier molecular flexibility index (Phi) is 7.59. The van der Waals surface area contributed by atoms with Crippen molar-refractivity contribution in [1.82, 2.24) is 9.97 Å². The molecule has 1 aliphatic rings. The van der Waals surface area contributed by atoms with E-state index in [0.717, 1.165) is 11.3 Å². The average Bonchev–Trinajstić information content (AvgIpc) is 3.39. The molecule has 1 aromatic carbocycles. The molecule has 4 N–H and O–H groups in total. The zero-order valence-electron chi connectivity index (χ0n) is 18.1. The second-order valence-corrected chi connectivity index (χ2v) is 10.9. The van der Waals surface area contributed by atoms with E-state index < -0.39 is 28.1 Å². The third-order valence-electron chi connectivity index (χ3n) is 5.59. The lowest BCUT2D eigenvalue weighted by Gasteiger charge is -2.15. The van der Waals surface area contributed by atoms with Crippen LogP contribution in [-0.4, -0.2) is 53.8 Å². The number of aliphatic hydroxyl groups is 1. The number of ketones is 2. The molecule has 0 amide bonds. The quantitative estimate of drug-likeness (QED) is 0.348. The van der Waals surface area contributed by atoms with E-state index in [-0.39, 0.29) is 51.0 Å². The Morgan fingerprint density at radius 2 is 1.94 bits per heavy atom. The Labute approximate surface area is 210 Å². The summed E-state index contributed by atoms with van der Waals surface area (Å²) in [6, 6.07) is 9.77. The number of carbonyl (C=O) groups is 2. The van der Waals surface area contributed by atoms with Gasteiger partial charge in [0.1, 0.15) is 16.5 Å². The minimum atomic E-state index is -4.12. The van der Waals surface area contributed by atoms with Crippen molar-refractivity contribution in [1.29, 1.82) is 0 Å². The van der Waals surface area contributed by atoms with E-state index in [1.54, 1.807) is 30.3 Å². The summed E-state index contributed by atoms with van der Waals surface area (Å²) in [7, 11) is -4.12. The van der Waals surface area contributed by atoms with Crippen molar-refractivity contribution in [2.75, 3.05) is 11.9 Å². The number of aromatic nitrogens is 2. The minimum absolute atomic E-state index is 0.169. The lowest BCUT2D eigenvalue weighted by atomic mass is 10.0. The maximum absolute atomic E-state index is 13.3. The van der Waals surface area contributed by atoms with Gasteiger partial charge < -0.3 is 10.4 Å². The summed E-state index contributed by atoms with van der Waals surface area (Å²) in [6.45, 7) is -0.250. The van der Waals surface area contributed by atoms with Crippen LogP contribution in [0, 0.1) is 5.92 Å². The number of rotatable bonds is 9. The highest BCUT2D eigenvalue weighted by Gasteiger charge is 2.35. The number of halogens is 1. The molecule has 184 valence electrons. The van der Waals surface area contributed by atoms with Gasteiger partial charge in [-0.2, -0.15) is 8.42 Å². The number of anilines is 1. The molecule has 2 heterocycles. The van der Waals surface area contributed by atoms with Gasteiger partial charge in [0, 0.05) is 23.7 Å². The molecule has 35 heavy (non-hydrogen) atoms. The van der Waals surface area contributed by atoms with Crippen LogP contribution >= 0.6 is 22.9 Å². The van der Waals surface area contributed by atoms with Crippen molar-refractivity contribution in [3.63, 3.8) is 0 Å². The first-order valence-corrected chi connectivity index (χ1v) is 13.1. The van der Waals surface area contributed by atoms with Crippen LogP contribution in [0.1, 0.15) is 44.0 Å². The van der Waals surface area contributed by atoms with Crippen LogP contribution in [0.25, 0.3) is 0 Å². The molecule has 10 nitrogen and oxygen atoms in total. The van der Waals surface area contributed by atoms with Crippen molar-refractivity contribution in [3.8, 4) is 0 Å². The largest absolute Gasteiger partial charge is 0.393 e. The van der Waals surface area contributed by atoms with E-state index in [4.69, 9.17) is 16.7 Å². The highest BCUT2D eigenvalue weighted by Crippen LogP contribution is 2.33. The fraction of sp³-hybridized carbons (Fsp3) is 0.273. The molecule has 0 saturated heterocycles. The number of benzene rings is 1.